The van der Waals surface area contributed by atoms with E-state index in [2.05, 4.69) is 5.32 Å². The van der Waals surface area contributed by atoms with E-state index >= 15 is 0 Å². The number of sulfonamides is 1. The molecule has 8 heteroatoms. The molecule has 0 aromatic heterocycles. The Balaban J connectivity index is 2.33. The lowest BCUT2D eigenvalue weighted by Gasteiger charge is -2.24. The summed E-state index contributed by atoms with van der Waals surface area (Å²) in [7, 11) is -4.36. The first-order chi connectivity index (χ1) is 13.4. The summed E-state index contributed by atoms with van der Waals surface area (Å²) in [6.45, 7) is 8.07. The van der Waals surface area contributed by atoms with E-state index in [4.69, 9.17) is 0 Å². The first-order valence-corrected chi connectivity index (χ1v) is 10.8. The SMILES string of the molecule is CCc1cccc(C)c1NCC(NS(=O)(=O)c1c(C)cc(C)cc1C)C(F)(F)F. The fraction of sp³-hybridized carbons (Fsp3) is 0.429. The van der Waals surface area contributed by atoms with Crippen LogP contribution in [0.15, 0.2) is 35.2 Å². The molecule has 0 saturated heterocycles. The maximum Gasteiger partial charge on any atom is 0.406 e. The lowest BCUT2D eigenvalue weighted by atomic mass is 10.1. The van der Waals surface area contributed by atoms with E-state index in [1.165, 1.54) is 0 Å². The molecule has 2 aromatic rings. The monoisotopic (exact) mass is 428 g/mol. The minimum absolute atomic E-state index is 0.109. The van der Waals surface area contributed by atoms with Gasteiger partial charge in [0.2, 0.25) is 10.0 Å². The van der Waals surface area contributed by atoms with Crippen molar-refractivity contribution < 1.29 is 21.6 Å². The predicted octanol–water partition coefficient (Wildman–Crippen LogP) is 4.80. The highest BCUT2D eigenvalue weighted by molar-refractivity contribution is 7.89. The number of halogens is 3. The van der Waals surface area contributed by atoms with E-state index in [0.717, 1.165) is 16.7 Å². The third-order valence-electron chi connectivity index (χ3n) is 4.79. The fourth-order valence-electron chi connectivity index (χ4n) is 3.54. The van der Waals surface area contributed by atoms with Crippen molar-refractivity contribution in [1.82, 2.24) is 4.72 Å². The summed E-state index contributed by atoms with van der Waals surface area (Å²) in [5.74, 6) is 0. The van der Waals surface area contributed by atoms with Crippen LogP contribution in [0.1, 0.15) is 34.7 Å². The molecule has 0 saturated carbocycles. The summed E-state index contributed by atoms with van der Waals surface area (Å²) >= 11 is 0. The van der Waals surface area contributed by atoms with Crippen LogP contribution in [0.25, 0.3) is 0 Å². The van der Waals surface area contributed by atoms with Crippen LogP contribution in [0.4, 0.5) is 18.9 Å². The second kappa shape index (κ2) is 8.75. The number of aryl methyl sites for hydroxylation is 5. The van der Waals surface area contributed by atoms with Gasteiger partial charge < -0.3 is 5.32 Å². The molecule has 0 aliphatic heterocycles. The van der Waals surface area contributed by atoms with Crippen LogP contribution in [0, 0.1) is 27.7 Å². The number of para-hydroxylation sites is 1. The van der Waals surface area contributed by atoms with Gasteiger partial charge in [0.1, 0.15) is 6.04 Å². The third kappa shape index (κ3) is 5.51. The molecule has 4 nitrogen and oxygen atoms in total. The molecule has 0 radical (unpaired) electrons. The number of rotatable bonds is 7. The smallest absolute Gasteiger partial charge is 0.383 e. The molecule has 2 aromatic carbocycles. The molecule has 0 spiro atoms. The van der Waals surface area contributed by atoms with Gasteiger partial charge in [-0.3, -0.25) is 0 Å². The van der Waals surface area contributed by atoms with Crippen molar-refractivity contribution in [2.75, 3.05) is 11.9 Å². The number of hydrogen-bond acceptors (Lipinski definition) is 3. The largest absolute Gasteiger partial charge is 0.406 e. The minimum Gasteiger partial charge on any atom is -0.383 e. The zero-order valence-electron chi connectivity index (χ0n) is 17.2. The third-order valence-corrected chi connectivity index (χ3v) is 6.57. The van der Waals surface area contributed by atoms with E-state index in [0.29, 0.717) is 23.2 Å². The Morgan fingerprint density at radius 2 is 1.59 bits per heavy atom. The second-order valence-corrected chi connectivity index (χ2v) is 8.94. The zero-order chi connectivity index (χ0) is 22.0. The topological polar surface area (TPSA) is 58.2 Å². The van der Waals surface area contributed by atoms with Crippen molar-refractivity contribution in [2.24, 2.45) is 0 Å². The Bertz CT molecular complexity index is 963. The Morgan fingerprint density at radius 3 is 2.10 bits per heavy atom. The minimum atomic E-state index is -4.75. The first-order valence-electron chi connectivity index (χ1n) is 9.36. The zero-order valence-corrected chi connectivity index (χ0v) is 18.1. The number of anilines is 1. The second-order valence-electron chi connectivity index (χ2n) is 7.29. The molecule has 160 valence electrons. The predicted molar refractivity (Wildman–Crippen MR) is 110 cm³/mol. The number of benzene rings is 2. The lowest BCUT2D eigenvalue weighted by molar-refractivity contribution is -0.148. The van der Waals surface area contributed by atoms with Crippen molar-refractivity contribution in [3.63, 3.8) is 0 Å². The number of nitrogens with one attached hydrogen (secondary N) is 2. The Kier molecular flexibility index (Phi) is 7.01. The average Bonchev–Trinajstić information content (AvgIpc) is 2.57. The van der Waals surface area contributed by atoms with E-state index < -0.39 is 28.8 Å². The number of hydrogen-bond donors (Lipinski definition) is 2. The highest BCUT2D eigenvalue weighted by atomic mass is 32.2. The van der Waals surface area contributed by atoms with Crippen LogP contribution < -0.4 is 10.0 Å². The molecule has 0 amide bonds. The van der Waals surface area contributed by atoms with Gasteiger partial charge in [0.15, 0.2) is 0 Å². The van der Waals surface area contributed by atoms with Crippen LogP contribution in [-0.2, 0) is 16.4 Å². The Morgan fingerprint density at radius 1 is 1.00 bits per heavy atom. The maximum absolute atomic E-state index is 13.7. The summed E-state index contributed by atoms with van der Waals surface area (Å²) in [4.78, 5) is -0.109. The van der Waals surface area contributed by atoms with E-state index in [-0.39, 0.29) is 4.90 Å². The summed E-state index contributed by atoms with van der Waals surface area (Å²) in [5, 5.41) is 2.80. The van der Waals surface area contributed by atoms with Crippen molar-refractivity contribution >= 4 is 15.7 Å². The normalized spacial score (nSPS) is 13.4. The highest BCUT2D eigenvalue weighted by Crippen LogP contribution is 2.27. The van der Waals surface area contributed by atoms with Gasteiger partial charge in [-0.2, -0.15) is 17.9 Å². The van der Waals surface area contributed by atoms with Crippen LogP contribution >= 0.6 is 0 Å². The lowest BCUT2D eigenvalue weighted by Crippen LogP contribution is -2.49. The van der Waals surface area contributed by atoms with Crippen LogP contribution in [0.3, 0.4) is 0 Å². The van der Waals surface area contributed by atoms with Gasteiger partial charge >= 0.3 is 6.18 Å². The summed E-state index contributed by atoms with van der Waals surface area (Å²) in [5.41, 5.74) is 3.95. The molecule has 1 atom stereocenters. The molecular weight excluding hydrogens is 401 g/mol. The number of alkyl halides is 3. The van der Waals surface area contributed by atoms with Crippen LogP contribution in [0.2, 0.25) is 0 Å². The fourth-order valence-corrected chi connectivity index (χ4v) is 5.22. The molecule has 0 heterocycles. The van der Waals surface area contributed by atoms with E-state index in [1.807, 2.05) is 23.8 Å². The van der Waals surface area contributed by atoms with Crippen molar-refractivity contribution in [3.8, 4) is 0 Å². The van der Waals surface area contributed by atoms with E-state index in [9.17, 15) is 21.6 Å². The maximum atomic E-state index is 13.7. The molecular formula is C21H27F3N2O2S. The van der Waals surface area contributed by atoms with Crippen LogP contribution in [-0.4, -0.2) is 27.2 Å². The molecule has 29 heavy (non-hydrogen) atoms. The quantitative estimate of drug-likeness (QED) is 0.666. The summed E-state index contributed by atoms with van der Waals surface area (Å²) in [6.07, 6.45) is -4.10. The Hall–Kier alpha value is -2.06. The molecule has 0 aliphatic carbocycles. The molecule has 0 fully saturated rings. The molecule has 0 aliphatic rings. The van der Waals surface area contributed by atoms with E-state index in [1.54, 1.807) is 45.9 Å². The van der Waals surface area contributed by atoms with Gasteiger partial charge in [-0.25, -0.2) is 8.42 Å². The molecule has 2 rings (SSSR count). The molecule has 0 bridgehead atoms. The highest BCUT2D eigenvalue weighted by Gasteiger charge is 2.42. The molecule has 2 N–H and O–H groups in total. The van der Waals surface area contributed by atoms with Crippen molar-refractivity contribution in [1.29, 1.82) is 0 Å². The standard InChI is InChI=1S/C21H27F3N2O2S/c1-6-17-9-7-8-14(3)19(17)25-12-18(21(22,23)24)26-29(27,28)20-15(4)10-13(2)11-16(20)5/h7-11,18,25-26H,6,12H2,1-5H3. The summed E-state index contributed by atoms with van der Waals surface area (Å²) < 4.78 is 68.4. The van der Waals surface area contributed by atoms with Gasteiger partial charge in [0, 0.05) is 12.2 Å². The Labute approximate surface area is 170 Å². The van der Waals surface area contributed by atoms with Crippen molar-refractivity contribution in [2.45, 2.75) is 58.2 Å². The van der Waals surface area contributed by atoms with Crippen molar-refractivity contribution in [3.05, 3.63) is 58.1 Å². The van der Waals surface area contributed by atoms with Gasteiger partial charge in [-0.15, -0.1) is 0 Å². The summed E-state index contributed by atoms with van der Waals surface area (Å²) in [6, 6.07) is 6.49. The van der Waals surface area contributed by atoms with Gasteiger partial charge in [-0.1, -0.05) is 42.8 Å². The molecule has 1 unspecified atom stereocenters. The van der Waals surface area contributed by atoms with Gasteiger partial charge in [-0.05, 0) is 56.4 Å². The average molecular weight is 429 g/mol. The van der Waals surface area contributed by atoms with Gasteiger partial charge in [0.25, 0.3) is 0 Å². The van der Waals surface area contributed by atoms with Crippen LogP contribution in [0.5, 0.6) is 0 Å². The van der Waals surface area contributed by atoms with Gasteiger partial charge in [0.05, 0.1) is 4.90 Å². The first kappa shape index (κ1) is 23.2.